The Hall–Kier alpha value is -2.84. The highest BCUT2D eigenvalue weighted by molar-refractivity contribution is 7.21. The van der Waals surface area contributed by atoms with Crippen molar-refractivity contribution in [3.63, 3.8) is 0 Å². The molecule has 0 aliphatic rings. The van der Waals surface area contributed by atoms with Crippen molar-refractivity contribution in [3.8, 4) is 22.8 Å². The molecule has 1 aromatic carbocycles. The second-order valence-electron chi connectivity index (χ2n) is 4.94. The third-order valence-corrected chi connectivity index (χ3v) is 4.72. The summed E-state index contributed by atoms with van der Waals surface area (Å²) in [6.07, 6.45) is 0. The molecule has 0 saturated carbocycles. The highest BCUT2D eigenvalue weighted by atomic mass is 32.1. The molecule has 124 valence electrons. The molecule has 0 unspecified atom stereocenters. The zero-order chi connectivity index (χ0) is 17.3. The topological polar surface area (TPSA) is 112 Å². The first kappa shape index (κ1) is 16.0. The summed E-state index contributed by atoms with van der Waals surface area (Å²) in [5.74, 6) is 6.01. The van der Waals surface area contributed by atoms with E-state index in [0.717, 1.165) is 16.6 Å². The summed E-state index contributed by atoms with van der Waals surface area (Å²) >= 11 is 1.20. The third-order valence-electron chi connectivity index (χ3n) is 3.61. The van der Waals surface area contributed by atoms with E-state index in [1.165, 1.54) is 11.3 Å². The number of amides is 1. The monoisotopic (exact) mass is 344 g/mol. The van der Waals surface area contributed by atoms with Crippen molar-refractivity contribution in [2.24, 2.45) is 5.84 Å². The number of hydrazine groups is 1. The largest absolute Gasteiger partial charge is 0.493 e. The zero-order valence-corrected chi connectivity index (χ0v) is 13.9. The van der Waals surface area contributed by atoms with Crippen LogP contribution in [-0.4, -0.2) is 25.1 Å². The van der Waals surface area contributed by atoms with Crippen molar-refractivity contribution in [1.29, 1.82) is 0 Å². The summed E-state index contributed by atoms with van der Waals surface area (Å²) in [4.78, 5) is 17.4. The fraction of sp³-hybridized carbons (Fsp3) is 0.125. The minimum absolute atomic E-state index is 0.351. The van der Waals surface area contributed by atoms with Crippen molar-refractivity contribution in [3.05, 3.63) is 35.2 Å². The maximum Gasteiger partial charge on any atom is 0.277 e. The van der Waals surface area contributed by atoms with Gasteiger partial charge in [0, 0.05) is 10.9 Å². The number of benzene rings is 1. The van der Waals surface area contributed by atoms with Gasteiger partial charge in [-0.1, -0.05) is 0 Å². The number of nitrogen functional groups attached to an aromatic ring is 2. The molecule has 0 spiro atoms. The highest BCUT2D eigenvalue weighted by Gasteiger charge is 2.17. The Morgan fingerprint density at radius 1 is 1.17 bits per heavy atom. The molecule has 0 saturated heterocycles. The van der Waals surface area contributed by atoms with Crippen LogP contribution in [0.2, 0.25) is 0 Å². The molecule has 7 nitrogen and oxygen atoms in total. The van der Waals surface area contributed by atoms with Gasteiger partial charge in [0.2, 0.25) is 0 Å². The first-order valence-electron chi connectivity index (χ1n) is 7.01. The van der Waals surface area contributed by atoms with E-state index in [9.17, 15) is 4.79 Å². The second-order valence-corrected chi connectivity index (χ2v) is 5.94. The molecule has 8 heteroatoms. The molecule has 2 aromatic heterocycles. The Balaban J connectivity index is 2.10. The quantitative estimate of drug-likeness (QED) is 0.380. The Bertz CT molecular complexity index is 923. The predicted molar refractivity (Wildman–Crippen MR) is 94.2 cm³/mol. The molecule has 5 N–H and O–H groups in total. The first-order chi connectivity index (χ1) is 11.6. The van der Waals surface area contributed by atoms with E-state index in [2.05, 4.69) is 10.4 Å². The summed E-state index contributed by atoms with van der Waals surface area (Å²) in [5, 5.41) is 0.725. The molecule has 0 bridgehead atoms. The number of ether oxygens (including phenoxy) is 2. The molecule has 2 heterocycles. The lowest BCUT2D eigenvalue weighted by Gasteiger charge is -2.09. The third kappa shape index (κ3) is 2.61. The molecule has 24 heavy (non-hydrogen) atoms. The smallest absolute Gasteiger partial charge is 0.277 e. The first-order valence-corrected chi connectivity index (χ1v) is 7.83. The second kappa shape index (κ2) is 6.34. The van der Waals surface area contributed by atoms with E-state index in [1.807, 2.05) is 30.3 Å². The summed E-state index contributed by atoms with van der Waals surface area (Å²) in [7, 11) is 3.16. The number of hydrogen-bond acceptors (Lipinski definition) is 7. The maximum atomic E-state index is 11.7. The van der Waals surface area contributed by atoms with E-state index in [4.69, 9.17) is 21.1 Å². The van der Waals surface area contributed by atoms with Crippen LogP contribution < -0.4 is 26.5 Å². The van der Waals surface area contributed by atoms with Gasteiger partial charge in [-0.3, -0.25) is 10.2 Å². The summed E-state index contributed by atoms with van der Waals surface area (Å²) < 4.78 is 10.6. The van der Waals surface area contributed by atoms with Crippen LogP contribution in [0.15, 0.2) is 30.3 Å². The van der Waals surface area contributed by atoms with E-state index >= 15 is 0 Å². The minimum atomic E-state index is -0.428. The Kier molecular flexibility index (Phi) is 4.24. The number of thiophene rings is 1. The van der Waals surface area contributed by atoms with Gasteiger partial charge in [0.1, 0.15) is 9.71 Å². The maximum absolute atomic E-state index is 11.7. The number of anilines is 1. The van der Waals surface area contributed by atoms with Crippen LogP contribution in [0.3, 0.4) is 0 Å². The van der Waals surface area contributed by atoms with Gasteiger partial charge in [-0.25, -0.2) is 10.8 Å². The number of fused-ring (bicyclic) bond motifs is 1. The molecule has 0 aliphatic heterocycles. The van der Waals surface area contributed by atoms with Gasteiger partial charge in [0.25, 0.3) is 5.91 Å². The molecule has 0 radical (unpaired) electrons. The Morgan fingerprint density at radius 3 is 2.58 bits per heavy atom. The number of aromatic nitrogens is 1. The van der Waals surface area contributed by atoms with Crippen LogP contribution in [0, 0.1) is 0 Å². The van der Waals surface area contributed by atoms with Crippen LogP contribution in [0.5, 0.6) is 11.5 Å². The molecule has 3 aromatic rings. The van der Waals surface area contributed by atoms with E-state index in [-0.39, 0.29) is 0 Å². The standard InChI is InChI=1S/C16H16N4O3S/c1-22-11-6-3-8(7-12(11)23-2)10-5-4-9-13(17)14(15(21)20-18)24-16(9)19-10/h3-7H,17-18H2,1-2H3,(H,20,21). The number of carbonyl (C=O) groups is 1. The molecule has 0 fully saturated rings. The average Bonchev–Trinajstić information content (AvgIpc) is 2.96. The summed E-state index contributed by atoms with van der Waals surface area (Å²) in [6.45, 7) is 0. The predicted octanol–water partition coefficient (Wildman–Crippen LogP) is 2.17. The van der Waals surface area contributed by atoms with Gasteiger partial charge < -0.3 is 15.2 Å². The average molecular weight is 344 g/mol. The van der Waals surface area contributed by atoms with Crippen LogP contribution >= 0.6 is 11.3 Å². The van der Waals surface area contributed by atoms with E-state index in [0.29, 0.717) is 26.9 Å². The lowest BCUT2D eigenvalue weighted by Crippen LogP contribution is -2.29. The Labute approximate surface area is 142 Å². The molecular formula is C16H16N4O3S. The lowest BCUT2D eigenvalue weighted by molar-refractivity contribution is 0.0958. The fourth-order valence-corrected chi connectivity index (χ4v) is 3.38. The van der Waals surface area contributed by atoms with Crippen molar-refractivity contribution in [2.45, 2.75) is 0 Å². The van der Waals surface area contributed by atoms with Crippen LogP contribution in [0.4, 0.5) is 5.69 Å². The number of hydrogen-bond donors (Lipinski definition) is 3. The number of nitrogens with two attached hydrogens (primary N) is 2. The van der Waals surface area contributed by atoms with Crippen molar-refractivity contribution in [2.75, 3.05) is 20.0 Å². The normalized spacial score (nSPS) is 10.6. The van der Waals surface area contributed by atoms with Crippen LogP contribution in [0.25, 0.3) is 21.5 Å². The Morgan fingerprint density at radius 2 is 1.92 bits per heavy atom. The number of nitrogens with one attached hydrogen (secondary N) is 1. The van der Waals surface area contributed by atoms with Gasteiger partial charge >= 0.3 is 0 Å². The lowest BCUT2D eigenvalue weighted by atomic mass is 10.1. The van der Waals surface area contributed by atoms with E-state index < -0.39 is 5.91 Å². The van der Waals surface area contributed by atoms with Crippen LogP contribution in [0.1, 0.15) is 9.67 Å². The van der Waals surface area contributed by atoms with Crippen LogP contribution in [-0.2, 0) is 0 Å². The van der Waals surface area contributed by atoms with Gasteiger partial charge in [-0.2, -0.15) is 0 Å². The van der Waals surface area contributed by atoms with Gasteiger partial charge in [0.15, 0.2) is 11.5 Å². The van der Waals surface area contributed by atoms with Crippen molar-refractivity contribution < 1.29 is 14.3 Å². The number of rotatable bonds is 4. The molecular weight excluding hydrogens is 328 g/mol. The van der Waals surface area contributed by atoms with Gasteiger partial charge in [-0.15, -0.1) is 11.3 Å². The van der Waals surface area contributed by atoms with Gasteiger partial charge in [0.05, 0.1) is 25.6 Å². The number of carbonyl (C=O) groups excluding carboxylic acids is 1. The number of pyridine rings is 1. The van der Waals surface area contributed by atoms with E-state index in [1.54, 1.807) is 14.2 Å². The fourth-order valence-electron chi connectivity index (χ4n) is 2.39. The summed E-state index contributed by atoms with van der Waals surface area (Å²) in [6, 6.07) is 9.23. The van der Waals surface area contributed by atoms with Crippen molar-refractivity contribution in [1.82, 2.24) is 10.4 Å². The number of methoxy groups -OCH3 is 2. The summed E-state index contributed by atoms with van der Waals surface area (Å²) in [5.41, 5.74) is 10.1. The van der Waals surface area contributed by atoms with Gasteiger partial charge in [-0.05, 0) is 30.3 Å². The SMILES string of the molecule is COc1ccc(-c2ccc3c(N)c(C(=O)NN)sc3n2)cc1OC. The zero-order valence-electron chi connectivity index (χ0n) is 13.1. The molecule has 0 atom stereocenters. The minimum Gasteiger partial charge on any atom is -0.493 e. The molecule has 3 rings (SSSR count). The highest BCUT2D eigenvalue weighted by Crippen LogP contribution is 2.36. The molecule has 1 amide bonds. The number of nitrogens with zero attached hydrogens (tertiary/aromatic N) is 1. The molecule has 0 aliphatic carbocycles. The van der Waals surface area contributed by atoms with Crippen molar-refractivity contribution >= 4 is 33.1 Å².